The molecule has 0 heterocycles. The molecular weight excluding hydrogens is 496 g/mol. The molecule has 4 aromatic rings. The van der Waals surface area contributed by atoms with Crippen LogP contribution in [-0.4, -0.2) is 20.4 Å². The van der Waals surface area contributed by atoms with Crippen LogP contribution in [0.3, 0.4) is 0 Å². The second-order valence-electron chi connectivity index (χ2n) is 9.52. The molecular formula is C36H40O4. The van der Waals surface area contributed by atoms with E-state index in [1.165, 1.54) is 22.3 Å². The van der Waals surface area contributed by atoms with Crippen LogP contribution in [-0.2, 0) is 0 Å². The standard InChI is InChI=1S/2C18H20O2/c2*1-3-17(13-5-9-15(19)10-6-13)18(4-2)14-7-11-16(20)12-8-14/h2*5-12,19-20H,3-4H2,1-2H3/b18-17+;. The van der Waals surface area contributed by atoms with Gasteiger partial charge in [0.05, 0.1) is 0 Å². The molecule has 4 N–H and O–H groups in total. The summed E-state index contributed by atoms with van der Waals surface area (Å²) in [5.74, 6) is 1.14. The van der Waals surface area contributed by atoms with E-state index in [1.54, 1.807) is 48.5 Å². The fraction of sp³-hybridized carbons (Fsp3) is 0.222. The van der Waals surface area contributed by atoms with E-state index < -0.39 is 0 Å². The highest BCUT2D eigenvalue weighted by atomic mass is 16.3. The van der Waals surface area contributed by atoms with Crippen LogP contribution >= 0.6 is 0 Å². The third-order valence-corrected chi connectivity index (χ3v) is 7.01. The van der Waals surface area contributed by atoms with Gasteiger partial charge < -0.3 is 20.4 Å². The van der Waals surface area contributed by atoms with Crippen LogP contribution < -0.4 is 0 Å². The Kier molecular flexibility index (Phi) is 11.0. The first-order valence-electron chi connectivity index (χ1n) is 13.9. The lowest BCUT2D eigenvalue weighted by molar-refractivity contribution is 0.474. The molecule has 4 nitrogen and oxygen atoms in total. The lowest BCUT2D eigenvalue weighted by Crippen LogP contribution is -1.91. The molecule has 0 aromatic heterocycles. The van der Waals surface area contributed by atoms with Crippen LogP contribution in [0.1, 0.15) is 75.6 Å². The van der Waals surface area contributed by atoms with E-state index in [0.29, 0.717) is 0 Å². The van der Waals surface area contributed by atoms with Crippen molar-refractivity contribution in [2.75, 3.05) is 0 Å². The minimum absolute atomic E-state index is 0.284. The van der Waals surface area contributed by atoms with E-state index in [9.17, 15) is 20.4 Å². The van der Waals surface area contributed by atoms with E-state index in [2.05, 4.69) is 27.7 Å². The van der Waals surface area contributed by atoms with E-state index in [0.717, 1.165) is 47.9 Å². The van der Waals surface area contributed by atoms with Crippen molar-refractivity contribution in [2.24, 2.45) is 0 Å². The fourth-order valence-corrected chi connectivity index (χ4v) is 5.02. The van der Waals surface area contributed by atoms with Gasteiger partial charge in [-0.05, 0) is 119 Å². The highest BCUT2D eigenvalue weighted by Gasteiger charge is 2.10. The molecule has 0 aliphatic carbocycles. The SMILES string of the molecule is CC/C(=C(/CC)c1ccc(O)cc1)c1ccc(O)cc1.CCC(=C(CC)c1ccc(O)cc1)c1ccc(O)cc1. The van der Waals surface area contributed by atoms with Crippen LogP contribution in [0.5, 0.6) is 23.0 Å². The molecule has 0 aliphatic rings. The lowest BCUT2D eigenvalue weighted by Gasteiger charge is -2.14. The molecule has 0 unspecified atom stereocenters. The van der Waals surface area contributed by atoms with Crippen molar-refractivity contribution in [3.63, 3.8) is 0 Å². The van der Waals surface area contributed by atoms with Crippen LogP contribution in [0.25, 0.3) is 22.3 Å². The maximum Gasteiger partial charge on any atom is 0.115 e. The van der Waals surface area contributed by atoms with Gasteiger partial charge in [-0.3, -0.25) is 0 Å². The van der Waals surface area contributed by atoms with Crippen LogP contribution in [0.2, 0.25) is 0 Å². The molecule has 0 radical (unpaired) electrons. The minimum Gasteiger partial charge on any atom is -0.508 e. The quantitative estimate of drug-likeness (QED) is 0.169. The Bertz CT molecular complexity index is 1190. The summed E-state index contributed by atoms with van der Waals surface area (Å²) in [6, 6.07) is 29.3. The van der Waals surface area contributed by atoms with Gasteiger partial charge >= 0.3 is 0 Å². The smallest absolute Gasteiger partial charge is 0.115 e. The molecule has 40 heavy (non-hydrogen) atoms. The third kappa shape index (κ3) is 7.79. The zero-order chi connectivity index (χ0) is 29.1. The van der Waals surface area contributed by atoms with E-state index in [1.807, 2.05) is 48.5 Å². The monoisotopic (exact) mass is 536 g/mol. The largest absolute Gasteiger partial charge is 0.508 e. The maximum atomic E-state index is 9.41. The van der Waals surface area contributed by atoms with Crippen molar-refractivity contribution in [3.05, 3.63) is 119 Å². The summed E-state index contributed by atoms with van der Waals surface area (Å²) in [7, 11) is 0. The second kappa shape index (κ2) is 14.6. The molecule has 0 spiro atoms. The summed E-state index contributed by atoms with van der Waals surface area (Å²) in [5, 5.41) is 37.6. The van der Waals surface area contributed by atoms with Crippen molar-refractivity contribution < 1.29 is 20.4 Å². The molecule has 0 saturated heterocycles. The molecule has 0 aliphatic heterocycles. The number of rotatable bonds is 8. The molecule has 0 saturated carbocycles. The molecule has 208 valence electrons. The summed E-state index contributed by atoms with van der Waals surface area (Å²) in [5.41, 5.74) is 9.64. The average molecular weight is 537 g/mol. The topological polar surface area (TPSA) is 80.9 Å². The zero-order valence-electron chi connectivity index (χ0n) is 23.9. The van der Waals surface area contributed by atoms with Crippen molar-refractivity contribution in [1.29, 1.82) is 0 Å². The van der Waals surface area contributed by atoms with Gasteiger partial charge in [-0.25, -0.2) is 0 Å². The Hall–Kier alpha value is -4.44. The molecule has 4 heteroatoms. The summed E-state index contributed by atoms with van der Waals surface area (Å²) >= 11 is 0. The van der Waals surface area contributed by atoms with Crippen molar-refractivity contribution in [1.82, 2.24) is 0 Å². The predicted molar refractivity (Wildman–Crippen MR) is 167 cm³/mol. The van der Waals surface area contributed by atoms with Gasteiger partial charge in [0.1, 0.15) is 23.0 Å². The van der Waals surface area contributed by atoms with Gasteiger partial charge in [0.15, 0.2) is 0 Å². The van der Waals surface area contributed by atoms with Crippen molar-refractivity contribution >= 4 is 22.3 Å². The van der Waals surface area contributed by atoms with Crippen LogP contribution in [0.4, 0.5) is 0 Å². The van der Waals surface area contributed by atoms with Gasteiger partial charge in [-0.15, -0.1) is 0 Å². The Labute approximate surface area is 238 Å². The number of allylic oxidation sites excluding steroid dienone is 4. The fourth-order valence-electron chi connectivity index (χ4n) is 5.02. The van der Waals surface area contributed by atoms with E-state index >= 15 is 0 Å². The van der Waals surface area contributed by atoms with Crippen LogP contribution in [0, 0.1) is 0 Å². The molecule has 4 aromatic carbocycles. The lowest BCUT2D eigenvalue weighted by atomic mass is 9.91. The predicted octanol–water partition coefficient (Wildman–Crippen LogP) is 9.66. The first kappa shape index (κ1) is 30.1. The van der Waals surface area contributed by atoms with E-state index in [-0.39, 0.29) is 23.0 Å². The second-order valence-corrected chi connectivity index (χ2v) is 9.52. The molecule has 0 atom stereocenters. The normalized spacial score (nSPS) is 12.1. The molecule has 0 fully saturated rings. The summed E-state index contributed by atoms with van der Waals surface area (Å²) in [6.07, 6.45) is 3.70. The number of phenolic OH excluding ortho intramolecular Hbond substituents is 4. The first-order chi connectivity index (χ1) is 19.3. The zero-order valence-corrected chi connectivity index (χ0v) is 23.9. The Morgan fingerprint density at radius 3 is 0.600 bits per heavy atom. The van der Waals surface area contributed by atoms with Gasteiger partial charge in [-0.2, -0.15) is 0 Å². The van der Waals surface area contributed by atoms with Crippen molar-refractivity contribution in [3.8, 4) is 23.0 Å². The minimum atomic E-state index is 0.284. The van der Waals surface area contributed by atoms with Crippen LogP contribution in [0.15, 0.2) is 97.1 Å². The van der Waals surface area contributed by atoms with Gasteiger partial charge in [0, 0.05) is 0 Å². The average Bonchev–Trinajstić information content (AvgIpc) is 2.97. The third-order valence-electron chi connectivity index (χ3n) is 7.01. The highest BCUT2D eigenvalue weighted by molar-refractivity contribution is 5.91. The van der Waals surface area contributed by atoms with Gasteiger partial charge in [0.25, 0.3) is 0 Å². The maximum absolute atomic E-state index is 9.41. The van der Waals surface area contributed by atoms with E-state index in [4.69, 9.17) is 0 Å². The molecule has 0 amide bonds. The van der Waals surface area contributed by atoms with Gasteiger partial charge in [-0.1, -0.05) is 76.2 Å². The number of hydrogen-bond acceptors (Lipinski definition) is 4. The Morgan fingerprint density at radius 1 is 0.325 bits per heavy atom. The molecule has 0 bridgehead atoms. The highest BCUT2D eigenvalue weighted by Crippen LogP contribution is 2.34. The number of hydrogen-bond donors (Lipinski definition) is 4. The Balaban J connectivity index is 0.000000220. The Morgan fingerprint density at radius 2 is 0.475 bits per heavy atom. The molecule has 4 rings (SSSR count). The van der Waals surface area contributed by atoms with Crippen molar-refractivity contribution in [2.45, 2.75) is 53.4 Å². The number of benzene rings is 4. The number of phenols is 4. The summed E-state index contributed by atoms with van der Waals surface area (Å²) < 4.78 is 0. The summed E-state index contributed by atoms with van der Waals surface area (Å²) in [6.45, 7) is 8.55. The first-order valence-corrected chi connectivity index (χ1v) is 13.9. The van der Waals surface area contributed by atoms with Gasteiger partial charge in [0.2, 0.25) is 0 Å². The summed E-state index contributed by atoms with van der Waals surface area (Å²) in [4.78, 5) is 0. The number of aromatic hydroxyl groups is 4.